The zero-order valence-corrected chi connectivity index (χ0v) is 18.3. The second kappa shape index (κ2) is 9.14. The number of aromatic nitrogens is 2. The normalized spacial score (nSPS) is 10.7. The Bertz CT molecular complexity index is 1460. The Morgan fingerprint density at radius 3 is 2.32 bits per heavy atom. The Morgan fingerprint density at radius 1 is 0.853 bits per heavy atom. The van der Waals surface area contributed by atoms with Gasteiger partial charge in [-0.1, -0.05) is 24.3 Å². The highest BCUT2D eigenvalue weighted by molar-refractivity contribution is 6.07. The number of hydrogen-bond acceptors (Lipinski definition) is 3. The first-order valence-electron chi connectivity index (χ1n) is 10.3. The van der Waals surface area contributed by atoms with E-state index in [1.165, 1.54) is 28.9 Å². The van der Waals surface area contributed by atoms with Crippen LogP contribution in [0.25, 0.3) is 5.69 Å². The maximum atomic E-state index is 13.9. The van der Waals surface area contributed by atoms with Crippen molar-refractivity contribution < 1.29 is 18.4 Å². The van der Waals surface area contributed by atoms with Gasteiger partial charge in [-0.25, -0.2) is 13.5 Å². The highest BCUT2D eigenvalue weighted by atomic mass is 19.1. The molecule has 7 nitrogen and oxygen atoms in total. The third kappa shape index (κ3) is 4.36. The SMILES string of the molecule is Cc1c(NC(=O)c2cccc(NC(=O)c3cc(F)ccc3F)c2)c(=O)n(-c2ccccc2)n1C. The number of rotatable bonds is 5. The first-order chi connectivity index (χ1) is 16.3. The van der Waals surface area contributed by atoms with Crippen molar-refractivity contribution in [2.75, 3.05) is 10.6 Å². The van der Waals surface area contributed by atoms with Crippen LogP contribution in [0.15, 0.2) is 77.6 Å². The van der Waals surface area contributed by atoms with Crippen LogP contribution in [-0.2, 0) is 7.05 Å². The van der Waals surface area contributed by atoms with Crippen LogP contribution in [-0.4, -0.2) is 21.2 Å². The molecule has 1 heterocycles. The van der Waals surface area contributed by atoms with Gasteiger partial charge in [0.25, 0.3) is 17.4 Å². The van der Waals surface area contributed by atoms with Gasteiger partial charge in [0.1, 0.15) is 17.3 Å². The number of para-hydroxylation sites is 1. The van der Waals surface area contributed by atoms with Gasteiger partial charge in [-0.2, -0.15) is 0 Å². The molecule has 4 rings (SSSR count). The Labute approximate surface area is 193 Å². The van der Waals surface area contributed by atoms with Crippen molar-refractivity contribution in [2.45, 2.75) is 6.92 Å². The molecule has 0 radical (unpaired) electrons. The molecule has 0 spiro atoms. The predicted molar refractivity (Wildman–Crippen MR) is 124 cm³/mol. The minimum absolute atomic E-state index is 0.118. The predicted octanol–water partition coefficient (Wildman–Crippen LogP) is 4.27. The number of nitrogens with one attached hydrogen (secondary N) is 2. The molecule has 1 aromatic heterocycles. The Morgan fingerprint density at radius 2 is 1.59 bits per heavy atom. The lowest BCUT2D eigenvalue weighted by molar-refractivity contribution is 0.101. The van der Waals surface area contributed by atoms with Gasteiger partial charge in [0, 0.05) is 18.3 Å². The Balaban J connectivity index is 1.57. The second-order valence-corrected chi connectivity index (χ2v) is 7.55. The van der Waals surface area contributed by atoms with E-state index in [0.29, 0.717) is 11.4 Å². The molecular formula is C25H20F2N4O3. The van der Waals surface area contributed by atoms with Crippen molar-refractivity contribution in [2.24, 2.45) is 7.05 Å². The average molecular weight is 462 g/mol. The van der Waals surface area contributed by atoms with Crippen LogP contribution >= 0.6 is 0 Å². The minimum atomic E-state index is -0.873. The van der Waals surface area contributed by atoms with Crippen LogP contribution in [0.4, 0.5) is 20.2 Å². The molecule has 2 N–H and O–H groups in total. The van der Waals surface area contributed by atoms with Crippen molar-refractivity contribution >= 4 is 23.2 Å². The molecule has 34 heavy (non-hydrogen) atoms. The molecule has 0 atom stereocenters. The lowest BCUT2D eigenvalue weighted by atomic mass is 10.1. The van der Waals surface area contributed by atoms with Crippen molar-refractivity contribution in [1.29, 1.82) is 0 Å². The second-order valence-electron chi connectivity index (χ2n) is 7.55. The monoisotopic (exact) mass is 462 g/mol. The summed E-state index contributed by atoms with van der Waals surface area (Å²) in [5.41, 5.74) is 0.815. The summed E-state index contributed by atoms with van der Waals surface area (Å²) in [4.78, 5) is 38.3. The zero-order chi connectivity index (χ0) is 24.4. The molecule has 2 amide bonds. The summed E-state index contributed by atoms with van der Waals surface area (Å²) in [5, 5.41) is 5.09. The maximum Gasteiger partial charge on any atom is 0.295 e. The molecule has 0 aliphatic carbocycles. The fraction of sp³-hybridized carbons (Fsp3) is 0.0800. The molecule has 0 aliphatic heterocycles. The van der Waals surface area contributed by atoms with E-state index in [0.717, 1.165) is 18.2 Å². The highest BCUT2D eigenvalue weighted by Gasteiger charge is 2.19. The van der Waals surface area contributed by atoms with Crippen molar-refractivity contribution in [3.05, 3.63) is 112 Å². The van der Waals surface area contributed by atoms with E-state index < -0.39 is 34.6 Å². The van der Waals surface area contributed by atoms with E-state index in [4.69, 9.17) is 0 Å². The maximum absolute atomic E-state index is 13.9. The summed E-state index contributed by atoms with van der Waals surface area (Å²) in [6.45, 7) is 1.71. The van der Waals surface area contributed by atoms with Gasteiger partial charge < -0.3 is 10.6 Å². The molecule has 172 valence electrons. The van der Waals surface area contributed by atoms with Gasteiger partial charge >= 0.3 is 0 Å². The first-order valence-corrected chi connectivity index (χ1v) is 10.3. The van der Waals surface area contributed by atoms with Crippen molar-refractivity contribution in [3.8, 4) is 5.69 Å². The van der Waals surface area contributed by atoms with Crippen LogP contribution in [0, 0.1) is 18.6 Å². The van der Waals surface area contributed by atoms with Gasteiger partial charge in [-0.3, -0.25) is 19.1 Å². The van der Waals surface area contributed by atoms with Crippen LogP contribution in [0.1, 0.15) is 26.4 Å². The molecular weight excluding hydrogens is 442 g/mol. The summed E-state index contributed by atoms with van der Waals surface area (Å²) < 4.78 is 30.4. The van der Waals surface area contributed by atoms with E-state index in [9.17, 15) is 23.2 Å². The van der Waals surface area contributed by atoms with Crippen LogP contribution in [0.2, 0.25) is 0 Å². The minimum Gasteiger partial charge on any atom is -0.322 e. The van der Waals surface area contributed by atoms with Gasteiger partial charge in [0.2, 0.25) is 0 Å². The van der Waals surface area contributed by atoms with Gasteiger partial charge in [-0.15, -0.1) is 0 Å². The quantitative estimate of drug-likeness (QED) is 0.465. The molecule has 0 fully saturated rings. The lowest BCUT2D eigenvalue weighted by Gasteiger charge is -2.09. The van der Waals surface area contributed by atoms with Crippen LogP contribution in [0.3, 0.4) is 0 Å². The molecule has 0 saturated carbocycles. The summed E-state index contributed by atoms with van der Waals surface area (Å²) in [5.74, 6) is -3.06. The standard InChI is InChI=1S/C25H20F2N4O3/c1-15-22(25(34)31(30(15)2)19-9-4-3-5-10-19)29-23(32)16-7-6-8-18(13-16)28-24(33)20-14-17(26)11-12-21(20)27/h3-14H,1-2H3,(H,28,33)(H,29,32). The number of halogens is 2. The molecule has 0 aliphatic rings. The summed E-state index contributed by atoms with van der Waals surface area (Å²) in [6.07, 6.45) is 0. The number of carbonyl (C=O) groups is 2. The first kappa shape index (κ1) is 22.7. The summed E-state index contributed by atoms with van der Waals surface area (Å²) in [7, 11) is 1.71. The Kier molecular flexibility index (Phi) is 6.09. The van der Waals surface area contributed by atoms with Crippen LogP contribution < -0.4 is 16.2 Å². The number of anilines is 2. The van der Waals surface area contributed by atoms with Crippen molar-refractivity contribution in [3.63, 3.8) is 0 Å². The number of amides is 2. The Hall–Kier alpha value is -4.53. The van der Waals surface area contributed by atoms with E-state index >= 15 is 0 Å². The largest absolute Gasteiger partial charge is 0.322 e. The molecule has 0 unspecified atom stereocenters. The van der Waals surface area contributed by atoms with E-state index in [1.54, 1.807) is 42.9 Å². The zero-order valence-electron chi connectivity index (χ0n) is 18.3. The van der Waals surface area contributed by atoms with Gasteiger partial charge in [0.05, 0.1) is 16.9 Å². The average Bonchev–Trinajstić information content (AvgIpc) is 3.04. The summed E-state index contributed by atoms with van der Waals surface area (Å²) >= 11 is 0. The van der Waals surface area contributed by atoms with Gasteiger partial charge in [0.15, 0.2) is 0 Å². The number of benzene rings is 3. The third-order valence-electron chi connectivity index (χ3n) is 5.35. The fourth-order valence-corrected chi connectivity index (χ4v) is 3.51. The van der Waals surface area contributed by atoms with E-state index in [1.807, 2.05) is 6.07 Å². The molecule has 4 aromatic rings. The third-order valence-corrected chi connectivity index (χ3v) is 5.35. The number of carbonyl (C=O) groups excluding carboxylic acids is 2. The number of hydrogen-bond donors (Lipinski definition) is 2. The molecule has 0 bridgehead atoms. The molecule has 9 heteroatoms. The van der Waals surface area contributed by atoms with Gasteiger partial charge in [-0.05, 0) is 55.5 Å². The highest BCUT2D eigenvalue weighted by Crippen LogP contribution is 2.18. The number of nitrogens with zero attached hydrogens (tertiary/aromatic N) is 2. The smallest absolute Gasteiger partial charge is 0.295 e. The van der Waals surface area contributed by atoms with Crippen molar-refractivity contribution in [1.82, 2.24) is 9.36 Å². The van der Waals surface area contributed by atoms with Crippen LogP contribution in [0.5, 0.6) is 0 Å². The summed E-state index contributed by atoms with van der Waals surface area (Å²) in [6, 6.07) is 17.5. The molecule has 0 saturated heterocycles. The fourth-order valence-electron chi connectivity index (χ4n) is 3.51. The van der Waals surface area contributed by atoms with E-state index in [2.05, 4.69) is 10.6 Å². The molecule has 3 aromatic carbocycles. The lowest BCUT2D eigenvalue weighted by Crippen LogP contribution is -2.23. The van der Waals surface area contributed by atoms with E-state index in [-0.39, 0.29) is 16.9 Å². The topological polar surface area (TPSA) is 85.1 Å².